The molecule has 3 rings (SSSR count). The zero-order valence-electron chi connectivity index (χ0n) is 14.7. The molecule has 1 fully saturated rings. The van der Waals surface area contributed by atoms with E-state index in [-0.39, 0.29) is 11.9 Å². The lowest BCUT2D eigenvalue weighted by Crippen LogP contribution is -2.61. The molecular formula is C19H23NO4S. The first-order valence-electron chi connectivity index (χ1n) is 8.30. The molecule has 0 radical (unpaired) electrons. The number of thiophene rings is 1. The summed E-state index contributed by atoms with van der Waals surface area (Å²) in [5.74, 6) is 1.47. The van der Waals surface area contributed by atoms with Gasteiger partial charge in [-0.1, -0.05) is 0 Å². The maximum Gasteiger partial charge on any atom is 0.266 e. The van der Waals surface area contributed by atoms with Crippen LogP contribution in [0.15, 0.2) is 36.4 Å². The number of nitrogens with zero attached hydrogens (tertiary/aromatic N) is 1. The second-order valence-corrected chi connectivity index (χ2v) is 7.30. The molecule has 1 amide bonds. The highest BCUT2D eigenvalue weighted by Gasteiger charge is 2.50. The van der Waals surface area contributed by atoms with Crippen LogP contribution in [0.25, 0.3) is 0 Å². The zero-order valence-corrected chi connectivity index (χ0v) is 15.5. The van der Waals surface area contributed by atoms with Crippen LogP contribution in [0.3, 0.4) is 0 Å². The molecule has 0 spiro atoms. The number of amides is 1. The van der Waals surface area contributed by atoms with Gasteiger partial charge in [-0.05, 0) is 49.7 Å². The van der Waals surface area contributed by atoms with Crippen molar-refractivity contribution >= 4 is 17.2 Å². The molecule has 1 aliphatic rings. The van der Waals surface area contributed by atoms with Crippen LogP contribution in [-0.2, 0) is 9.53 Å². The van der Waals surface area contributed by atoms with E-state index in [2.05, 4.69) is 19.1 Å². The van der Waals surface area contributed by atoms with Crippen molar-refractivity contribution in [2.45, 2.75) is 25.5 Å². The third-order valence-corrected chi connectivity index (χ3v) is 5.34. The van der Waals surface area contributed by atoms with Crippen LogP contribution >= 0.6 is 11.3 Å². The Labute approximate surface area is 152 Å². The second-order valence-electron chi connectivity index (χ2n) is 5.99. The molecule has 1 aliphatic heterocycles. The average Bonchev–Trinajstić information content (AvgIpc) is 3.05. The van der Waals surface area contributed by atoms with E-state index in [1.54, 1.807) is 25.6 Å². The predicted molar refractivity (Wildman–Crippen MR) is 97.4 cm³/mol. The number of hydrogen-bond donors (Lipinski definition) is 0. The van der Waals surface area contributed by atoms with Gasteiger partial charge >= 0.3 is 0 Å². The summed E-state index contributed by atoms with van der Waals surface area (Å²) < 4.78 is 16.3. The molecule has 25 heavy (non-hydrogen) atoms. The van der Waals surface area contributed by atoms with E-state index in [1.165, 1.54) is 4.88 Å². The van der Waals surface area contributed by atoms with Crippen molar-refractivity contribution in [2.75, 3.05) is 27.4 Å². The number of methoxy groups -OCH3 is 2. The molecule has 2 atom stereocenters. The van der Waals surface area contributed by atoms with Crippen molar-refractivity contribution in [1.82, 2.24) is 4.90 Å². The Morgan fingerprint density at radius 1 is 1.08 bits per heavy atom. The van der Waals surface area contributed by atoms with E-state index in [4.69, 9.17) is 14.2 Å². The minimum Gasteiger partial charge on any atom is -0.497 e. The van der Waals surface area contributed by atoms with Crippen LogP contribution in [0, 0.1) is 6.92 Å². The number of likely N-dealkylation sites (tertiary alicyclic amines) is 1. The van der Waals surface area contributed by atoms with Crippen LogP contribution in [0.2, 0.25) is 0 Å². The van der Waals surface area contributed by atoms with Crippen molar-refractivity contribution < 1.29 is 19.0 Å². The smallest absolute Gasteiger partial charge is 0.266 e. The molecule has 0 aliphatic carbocycles. The van der Waals surface area contributed by atoms with Gasteiger partial charge in [0.05, 0.1) is 7.11 Å². The summed E-state index contributed by atoms with van der Waals surface area (Å²) >= 11 is 1.71. The maximum absolute atomic E-state index is 12.6. The van der Waals surface area contributed by atoms with Crippen LogP contribution in [0.5, 0.6) is 11.5 Å². The molecule has 0 bridgehead atoms. The van der Waals surface area contributed by atoms with Crippen molar-refractivity contribution in [3.8, 4) is 11.5 Å². The summed E-state index contributed by atoms with van der Waals surface area (Å²) in [4.78, 5) is 16.9. The van der Waals surface area contributed by atoms with Crippen LogP contribution in [-0.4, -0.2) is 44.3 Å². The van der Waals surface area contributed by atoms with E-state index in [0.29, 0.717) is 18.9 Å². The number of aryl methyl sites for hydroxylation is 1. The maximum atomic E-state index is 12.6. The van der Waals surface area contributed by atoms with Gasteiger partial charge in [0.15, 0.2) is 0 Å². The standard InChI is InChI=1S/C19H23NO4S/c1-13-5-10-16(25-13)17-18(19(21)20(17)11-4-12-22-2)24-15-8-6-14(23-3)7-9-15/h5-10,17-18H,4,11-12H2,1-3H3/t17-,18+/m0/s1. The van der Waals surface area contributed by atoms with Crippen molar-refractivity contribution in [1.29, 1.82) is 0 Å². The molecule has 0 unspecified atom stereocenters. The van der Waals surface area contributed by atoms with Gasteiger partial charge in [-0.2, -0.15) is 0 Å². The number of rotatable bonds is 8. The van der Waals surface area contributed by atoms with Crippen molar-refractivity contribution in [2.24, 2.45) is 0 Å². The third kappa shape index (κ3) is 3.80. The van der Waals surface area contributed by atoms with E-state index < -0.39 is 6.10 Å². The fraction of sp³-hybridized carbons (Fsp3) is 0.421. The number of carbonyl (C=O) groups is 1. The van der Waals surface area contributed by atoms with E-state index in [9.17, 15) is 4.79 Å². The first-order chi connectivity index (χ1) is 12.1. The average molecular weight is 361 g/mol. The summed E-state index contributed by atoms with van der Waals surface area (Å²) in [5, 5.41) is 0. The molecule has 1 aromatic heterocycles. The van der Waals surface area contributed by atoms with Crippen LogP contribution in [0.1, 0.15) is 22.2 Å². The SMILES string of the molecule is COCCCN1C(=O)[C@H](Oc2ccc(OC)cc2)[C@@H]1c1ccc(C)s1. The van der Waals surface area contributed by atoms with Gasteiger partial charge < -0.3 is 19.1 Å². The molecule has 0 saturated carbocycles. The summed E-state index contributed by atoms with van der Waals surface area (Å²) in [5.41, 5.74) is 0. The highest BCUT2D eigenvalue weighted by molar-refractivity contribution is 7.12. The third-order valence-electron chi connectivity index (χ3n) is 4.27. The Kier molecular flexibility index (Phi) is 5.60. The van der Waals surface area contributed by atoms with Gasteiger partial charge in [-0.15, -0.1) is 11.3 Å². The molecule has 6 heteroatoms. The van der Waals surface area contributed by atoms with E-state index in [1.807, 2.05) is 29.2 Å². The number of β-lactam (4-membered cyclic amide) rings is 1. The molecule has 0 N–H and O–H groups in total. The Bertz CT molecular complexity index is 712. The normalized spacial score (nSPS) is 19.6. The molecule has 2 aromatic rings. The van der Waals surface area contributed by atoms with Gasteiger partial charge in [0.25, 0.3) is 5.91 Å². The highest BCUT2D eigenvalue weighted by Crippen LogP contribution is 2.40. The van der Waals surface area contributed by atoms with E-state index in [0.717, 1.165) is 17.0 Å². The molecule has 134 valence electrons. The lowest BCUT2D eigenvalue weighted by molar-refractivity contribution is -0.164. The fourth-order valence-electron chi connectivity index (χ4n) is 2.98. The lowest BCUT2D eigenvalue weighted by Gasteiger charge is -2.46. The van der Waals surface area contributed by atoms with Gasteiger partial charge in [0.2, 0.25) is 6.10 Å². The first kappa shape index (κ1) is 17.8. The minimum absolute atomic E-state index is 0.0305. The van der Waals surface area contributed by atoms with Crippen LogP contribution < -0.4 is 9.47 Å². The lowest BCUT2D eigenvalue weighted by atomic mass is 9.95. The predicted octanol–water partition coefficient (Wildman–Crippen LogP) is 3.43. The molecular weight excluding hydrogens is 338 g/mol. The Morgan fingerprint density at radius 2 is 1.80 bits per heavy atom. The Hall–Kier alpha value is -2.05. The summed E-state index contributed by atoms with van der Waals surface area (Å²) in [6.07, 6.45) is 0.340. The quantitative estimate of drug-likeness (QED) is 0.534. The van der Waals surface area contributed by atoms with Crippen LogP contribution in [0.4, 0.5) is 0 Å². The second kappa shape index (κ2) is 7.89. The molecule has 5 nitrogen and oxygen atoms in total. The van der Waals surface area contributed by atoms with Gasteiger partial charge in [0, 0.05) is 30.0 Å². The number of ether oxygens (including phenoxy) is 3. The van der Waals surface area contributed by atoms with Gasteiger partial charge in [-0.25, -0.2) is 0 Å². The zero-order chi connectivity index (χ0) is 17.8. The summed E-state index contributed by atoms with van der Waals surface area (Å²) in [6.45, 7) is 3.39. The van der Waals surface area contributed by atoms with Gasteiger partial charge in [0.1, 0.15) is 17.5 Å². The molecule has 2 heterocycles. The monoisotopic (exact) mass is 361 g/mol. The summed E-state index contributed by atoms with van der Waals surface area (Å²) in [6, 6.07) is 11.5. The first-order valence-corrected chi connectivity index (χ1v) is 9.12. The highest BCUT2D eigenvalue weighted by atomic mass is 32.1. The number of benzene rings is 1. The number of carbonyl (C=O) groups excluding carboxylic acids is 1. The van der Waals surface area contributed by atoms with E-state index >= 15 is 0 Å². The van der Waals surface area contributed by atoms with Crippen molar-refractivity contribution in [3.63, 3.8) is 0 Å². The fourth-order valence-corrected chi connectivity index (χ4v) is 3.99. The number of hydrogen-bond acceptors (Lipinski definition) is 5. The largest absolute Gasteiger partial charge is 0.497 e. The molecule has 1 saturated heterocycles. The Morgan fingerprint density at radius 3 is 2.40 bits per heavy atom. The molecule has 1 aromatic carbocycles. The topological polar surface area (TPSA) is 48.0 Å². The summed E-state index contributed by atoms with van der Waals surface area (Å²) in [7, 11) is 3.30. The van der Waals surface area contributed by atoms with Crippen molar-refractivity contribution in [3.05, 3.63) is 46.2 Å². The van der Waals surface area contributed by atoms with Gasteiger partial charge in [-0.3, -0.25) is 4.79 Å². The minimum atomic E-state index is -0.478. The Balaban J connectivity index is 1.75.